The van der Waals surface area contributed by atoms with E-state index in [9.17, 15) is 4.79 Å². The molecule has 1 aromatic heterocycles. The summed E-state index contributed by atoms with van der Waals surface area (Å²) in [5.74, 6) is 0.577. The van der Waals surface area contributed by atoms with Crippen LogP contribution >= 0.6 is 34.8 Å². The van der Waals surface area contributed by atoms with Crippen LogP contribution in [0.5, 0.6) is 11.5 Å². The number of rotatable bonds is 3. The fraction of sp³-hybridized carbons (Fsp3) is 0.0714. The van der Waals surface area contributed by atoms with Gasteiger partial charge >= 0.3 is 0 Å². The molecule has 3 rings (SSSR count). The molecule has 1 aliphatic rings. The summed E-state index contributed by atoms with van der Waals surface area (Å²) in [4.78, 5) is 15.9. The number of fused-ring (bicyclic) bond motifs is 1. The molecule has 0 spiro atoms. The minimum atomic E-state index is -0.678. The van der Waals surface area contributed by atoms with Crippen molar-refractivity contribution in [1.82, 2.24) is 10.4 Å². The summed E-state index contributed by atoms with van der Waals surface area (Å²) in [6, 6.07) is 5.22. The Morgan fingerprint density at radius 1 is 1.25 bits per heavy atom. The SMILES string of the molecule is Nc1c(Cl)c(Cl)nc(C(=O)N/N=C\c2ccc3c(c2)OCO3)c1Cl. The smallest absolute Gasteiger partial charge is 0.291 e. The zero-order chi connectivity index (χ0) is 17.3. The van der Waals surface area contributed by atoms with Crippen molar-refractivity contribution < 1.29 is 14.3 Å². The van der Waals surface area contributed by atoms with Crippen LogP contribution in [0.2, 0.25) is 15.2 Å². The van der Waals surface area contributed by atoms with Gasteiger partial charge in [-0.25, -0.2) is 10.4 Å². The number of nitrogen functional groups attached to an aromatic ring is 1. The summed E-state index contributed by atoms with van der Waals surface area (Å²) in [5, 5.41) is 3.60. The fourth-order valence-electron chi connectivity index (χ4n) is 1.89. The van der Waals surface area contributed by atoms with E-state index in [1.807, 2.05) is 0 Å². The number of anilines is 1. The van der Waals surface area contributed by atoms with Gasteiger partial charge in [0.2, 0.25) is 6.79 Å². The van der Waals surface area contributed by atoms with Crippen LogP contribution in [0.25, 0.3) is 0 Å². The molecule has 0 saturated carbocycles. The topological polar surface area (TPSA) is 98.8 Å². The van der Waals surface area contributed by atoms with E-state index in [4.69, 9.17) is 50.0 Å². The molecule has 2 heterocycles. The summed E-state index contributed by atoms with van der Waals surface area (Å²) < 4.78 is 10.5. The highest BCUT2D eigenvalue weighted by atomic mass is 35.5. The average molecular weight is 388 g/mol. The zero-order valence-corrected chi connectivity index (χ0v) is 14.1. The molecule has 0 atom stereocenters. The van der Waals surface area contributed by atoms with Crippen LogP contribution < -0.4 is 20.6 Å². The molecule has 0 saturated heterocycles. The third-order valence-electron chi connectivity index (χ3n) is 3.06. The van der Waals surface area contributed by atoms with Crippen molar-refractivity contribution in [2.45, 2.75) is 0 Å². The van der Waals surface area contributed by atoms with Crippen molar-refractivity contribution in [3.63, 3.8) is 0 Å². The first-order valence-electron chi connectivity index (χ1n) is 6.50. The molecule has 0 fully saturated rings. The summed E-state index contributed by atoms with van der Waals surface area (Å²) in [7, 11) is 0. The van der Waals surface area contributed by atoms with Gasteiger partial charge in [0.15, 0.2) is 22.3 Å². The first-order valence-corrected chi connectivity index (χ1v) is 7.63. The molecule has 10 heteroatoms. The minimum absolute atomic E-state index is 0.0120. The number of nitrogens with two attached hydrogens (primary N) is 1. The largest absolute Gasteiger partial charge is 0.454 e. The minimum Gasteiger partial charge on any atom is -0.454 e. The molecule has 24 heavy (non-hydrogen) atoms. The number of pyridine rings is 1. The van der Waals surface area contributed by atoms with Gasteiger partial charge in [-0.05, 0) is 23.8 Å². The van der Waals surface area contributed by atoms with Gasteiger partial charge in [0.05, 0.1) is 16.9 Å². The van der Waals surface area contributed by atoms with Crippen LogP contribution in [0.3, 0.4) is 0 Å². The molecule has 2 aromatic rings. The van der Waals surface area contributed by atoms with Gasteiger partial charge in [-0.3, -0.25) is 4.79 Å². The molecule has 0 radical (unpaired) electrons. The molecular formula is C14H9Cl3N4O3. The lowest BCUT2D eigenvalue weighted by molar-refractivity contribution is 0.0950. The summed E-state index contributed by atoms with van der Waals surface area (Å²) in [5.41, 5.74) is 8.45. The number of aromatic nitrogens is 1. The van der Waals surface area contributed by atoms with E-state index >= 15 is 0 Å². The number of hydrogen-bond acceptors (Lipinski definition) is 6. The molecule has 0 aliphatic carbocycles. The van der Waals surface area contributed by atoms with Gasteiger partial charge in [-0.15, -0.1) is 0 Å². The maximum Gasteiger partial charge on any atom is 0.291 e. The number of ether oxygens (including phenoxy) is 2. The number of nitrogens with one attached hydrogen (secondary N) is 1. The van der Waals surface area contributed by atoms with E-state index in [-0.39, 0.29) is 33.4 Å². The van der Waals surface area contributed by atoms with Gasteiger partial charge in [0.1, 0.15) is 5.02 Å². The third-order valence-corrected chi connectivity index (χ3v) is 4.20. The molecule has 124 valence electrons. The Balaban J connectivity index is 1.74. The van der Waals surface area contributed by atoms with Gasteiger partial charge in [-0.1, -0.05) is 34.8 Å². The maximum atomic E-state index is 12.1. The summed E-state index contributed by atoms with van der Waals surface area (Å²) in [6.45, 7) is 0.176. The molecule has 1 aliphatic heterocycles. The lowest BCUT2D eigenvalue weighted by Gasteiger charge is -2.07. The lowest BCUT2D eigenvalue weighted by Crippen LogP contribution is -2.20. The normalized spacial score (nSPS) is 12.6. The van der Waals surface area contributed by atoms with Crippen molar-refractivity contribution in [1.29, 1.82) is 0 Å². The molecule has 1 aromatic carbocycles. The Morgan fingerprint density at radius 3 is 2.79 bits per heavy atom. The number of benzene rings is 1. The Hall–Kier alpha value is -2.22. The highest BCUT2D eigenvalue weighted by molar-refractivity contribution is 6.46. The number of carbonyl (C=O) groups excluding carboxylic acids is 1. The Morgan fingerprint density at radius 2 is 2.00 bits per heavy atom. The molecule has 7 nitrogen and oxygen atoms in total. The Bertz CT molecular complexity index is 858. The van der Waals surface area contributed by atoms with Crippen molar-refractivity contribution >= 4 is 52.6 Å². The number of hydrogen-bond donors (Lipinski definition) is 2. The summed E-state index contributed by atoms with van der Waals surface area (Å²) in [6.07, 6.45) is 1.43. The second-order valence-electron chi connectivity index (χ2n) is 4.60. The van der Waals surface area contributed by atoms with E-state index in [2.05, 4.69) is 15.5 Å². The molecule has 1 amide bonds. The number of amides is 1. The second kappa shape index (κ2) is 6.72. The predicted octanol–water partition coefficient (Wildman–Crippen LogP) is 3.12. The quantitative estimate of drug-likeness (QED) is 0.479. The van der Waals surface area contributed by atoms with E-state index < -0.39 is 5.91 Å². The molecular weight excluding hydrogens is 379 g/mol. The first kappa shape index (κ1) is 16.6. The van der Waals surface area contributed by atoms with Gasteiger partial charge in [-0.2, -0.15) is 5.10 Å². The standard InChI is InChI=1S/C14H9Cl3N4O3/c15-9-11(18)10(16)13(17)20-12(9)14(22)21-19-4-6-1-2-7-8(3-6)24-5-23-7/h1-4H,5H2,(H2,18,20)(H,21,22)/b19-4-. The van der Waals surface area contributed by atoms with Crippen molar-refractivity contribution in [3.05, 3.63) is 44.7 Å². The number of halogens is 3. The van der Waals surface area contributed by atoms with E-state index in [1.165, 1.54) is 6.21 Å². The van der Waals surface area contributed by atoms with Crippen molar-refractivity contribution in [2.24, 2.45) is 5.10 Å². The van der Waals surface area contributed by atoms with Crippen molar-refractivity contribution in [2.75, 3.05) is 12.5 Å². The first-order chi connectivity index (χ1) is 11.5. The maximum absolute atomic E-state index is 12.1. The highest BCUT2D eigenvalue weighted by Crippen LogP contribution is 2.34. The van der Waals surface area contributed by atoms with E-state index in [1.54, 1.807) is 18.2 Å². The molecule has 3 N–H and O–H groups in total. The predicted molar refractivity (Wildman–Crippen MR) is 91.3 cm³/mol. The van der Waals surface area contributed by atoms with Crippen LogP contribution in [0.15, 0.2) is 23.3 Å². The molecule has 0 bridgehead atoms. The van der Waals surface area contributed by atoms with Crippen LogP contribution in [0, 0.1) is 0 Å². The summed E-state index contributed by atoms with van der Waals surface area (Å²) >= 11 is 17.5. The van der Waals surface area contributed by atoms with E-state index in [0.29, 0.717) is 17.1 Å². The third kappa shape index (κ3) is 3.19. The molecule has 0 unspecified atom stereocenters. The lowest BCUT2D eigenvalue weighted by atomic mass is 10.2. The van der Waals surface area contributed by atoms with Crippen LogP contribution in [-0.2, 0) is 0 Å². The van der Waals surface area contributed by atoms with Crippen LogP contribution in [0.1, 0.15) is 16.1 Å². The Labute approximate surface area is 151 Å². The van der Waals surface area contributed by atoms with E-state index in [0.717, 1.165) is 0 Å². The monoisotopic (exact) mass is 386 g/mol. The van der Waals surface area contributed by atoms with Crippen LogP contribution in [0.4, 0.5) is 5.69 Å². The van der Waals surface area contributed by atoms with Gasteiger partial charge in [0, 0.05) is 0 Å². The Kier molecular flexibility index (Phi) is 4.66. The van der Waals surface area contributed by atoms with Gasteiger partial charge in [0.25, 0.3) is 5.91 Å². The zero-order valence-electron chi connectivity index (χ0n) is 11.8. The number of carbonyl (C=O) groups is 1. The van der Waals surface area contributed by atoms with Crippen molar-refractivity contribution in [3.8, 4) is 11.5 Å². The average Bonchev–Trinajstić information content (AvgIpc) is 3.03. The van der Waals surface area contributed by atoms with Gasteiger partial charge < -0.3 is 15.2 Å². The van der Waals surface area contributed by atoms with Crippen LogP contribution in [-0.4, -0.2) is 23.9 Å². The number of nitrogens with zero attached hydrogens (tertiary/aromatic N) is 2. The highest BCUT2D eigenvalue weighted by Gasteiger charge is 2.19. The second-order valence-corrected chi connectivity index (χ2v) is 5.72. The number of hydrazone groups is 1. The fourth-order valence-corrected chi connectivity index (χ4v) is 2.49.